The number of nitrogens with one attached hydrogen (secondary N) is 1. The van der Waals surface area contributed by atoms with E-state index in [0.29, 0.717) is 5.92 Å². The third-order valence-corrected chi connectivity index (χ3v) is 3.89. The third kappa shape index (κ3) is 2.97. The van der Waals surface area contributed by atoms with Crippen LogP contribution in [0.3, 0.4) is 0 Å². The summed E-state index contributed by atoms with van der Waals surface area (Å²) in [5.41, 5.74) is 1.12. The Morgan fingerprint density at radius 1 is 1.47 bits per heavy atom. The maximum Gasteiger partial charge on any atom is 0.137 e. The standard InChI is InChI=1S/C14H24N4O/c1-5-15-13-11(3)14(17-9-16-13)18-7-6-10(2)12(8-18)19-4/h9-10,12H,5-8H2,1-4H3,(H,15,16,17). The fourth-order valence-electron chi connectivity index (χ4n) is 2.64. The minimum atomic E-state index is 0.283. The van der Waals surface area contributed by atoms with Crippen LogP contribution in [0.1, 0.15) is 25.8 Å². The first-order chi connectivity index (χ1) is 9.17. The molecule has 0 aliphatic carbocycles. The number of nitrogens with zero attached hydrogens (tertiary/aromatic N) is 3. The molecule has 1 aliphatic rings. The number of anilines is 2. The van der Waals surface area contributed by atoms with Gasteiger partial charge in [0.15, 0.2) is 0 Å². The van der Waals surface area contributed by atoms with Crippen LogP contribution >= 0.6 is 0 Å². The maximum atomic E-state index is 5.57. The molecule has 2 unspecified atom stereocenters. The summed E-state index contributed by atoms with van der Waals surface area (Å²) in [4.78, 5) is 11.1. The normalized spacial score (nSPS) is 23.5. The van der Waals surface area contributed by atoms with Gasteiger partial charge < -0.3 is 15.0 Å². The van der Waals surface area contributed by atoms with E-state index in [-0.39, 0.29) is 6.10 Å². The number of hydrogen-bond donors (Lipinski definition) is 1. The highest BCUT2D eigenvalue weighted by Gasteiger charge is 2.27. The molecule has 1 N–H and O–H groups in total. The van der Waals surface area contributed by atoms with Crippen LogP contribution in [0.2, 0.25) is 0 Å². The summed E-state index contributed by atoms with van der Waals surface area (Å²) in [5, 5.41) is 3.28. The van der Waals surface area contributed by atoms with Crippen molar-refractivity contribution in [2.45, 2.75) is 33.3 Å². The van der Waals surface area contributed by atoms with E-state index in [1.165, 1.54) is 0 Å². The average Bonchev–Trinajstić information content (AvgIpc) is 2.42. The Balaban J connectivity index is 2.20. The first-order valence-electron chi connectivity index (χ1n) is 7.00. The molecule has 5 heteroatoms. The van der Waals surface area contributed by atoms with E-state index in [0.717, 1.165) is 43.3 Å². The summed E-state index contributed by atoms with van der Waals surface area (Å²) < 4.78 is 5.57. The molecular formula is C14H24N4O. The summed E-state index contributed by atoms with van der Waals surface area (Å²) in [7, 11) is 1.79. The molecule has 1 aliphatic heterocycles. The minimum Gasteiger partial charge on any atom is -0.379 e. The Bertz CT molecular complexity index is 424. The highest BCUT2D eigenvalue weighted by atomic mass is 16.5. The fourth-order valence-corrected chi connectivity index (χ4v) is 2.64. The van der Waals surface area contributed by atoms with E-state index in [2.05, 4.69) is 41.0 Å². The van der Waals surface area contributed by atoms with Gasteiger partial charge >= 0.3 is 0 Å². The molecule has 2 atom stereocenters. The van der Waals surface area contributed by atoms with Gasteiger partial charge in [-0.1, -0.05) is 6.92 Å². The first kappa shape index (κ1) is 14.1. The number of piperidine rings is 1. The van der Waals surface area contributed by atoms with Gasteiger partial charge in [-0.05, 0) is 26.2 Å². The first-order valence-corrected chi connectivity index (χ1v) is 7.00. The molecule has 0 radical (unpaired) electrons. The zero-order valence-electron chi connectivity index (χ0n) is 12.3. The average molecular weight is 264 g/mol. The van der Waals surface area contributed by atoms with Gasteiger partial charge in [-0.25, -0.2) is 9.97 Å². The van der Waals surface area contributed by atoms with Crippen molar-refractivity contribution in [2.24, 2.45) is 5.92 Å². The molecule has 0 saturated carbocycles. The molecule has 106 valence electrons. The van der Waals surface area contributed by atoms with Gasteiger partial charge in [0.25, 0.3) is 0 Å². The Morgan fingerprint density at radius 3 is 2.95 bits per heavy atom. The van der Waals surface area contributed by atoms with Gasteiger partial charge in [0.05, 0.1) is 6.10 Å². The van der Waals surface area contributed by atoms with Crippen molar-refractivity contribution in [2.75, 3.05) is 37.0 Å². The lowest BCUT2D eigenvalue weighted by molar-refractivity contribution is 0.0496. The van der Waals surface area contributed by atoms with E-state index in [1.807, 2.05) is 0 Å². The second-order valence-electron chi connectivity index (χ2n) is 5.19. The zero-order chi connectivity index (χ0) is 13.8. The van der Waals surface area contributed by atoms with Crippen LogP contribution in [-0.2, 0) is 4.74 Å². The van der Waals surface area contributed by atoms with Crippen molar-refractivity contribution in [3.8, 4) is 0 Å². The lowest BCUT2D eigenvalue weighted by atomic mass is 9.95. The van der Waals surface area contributed by atoms with Crippen molar-refractivity contribution in [1.82, 2.24) is 9.97 Å². The summed E-state index contributed by atoms with van der Waals surface area (Å²) in [6.07, 6.45) is 3.06. The predicted molar refractivity (Wildman–Crippen MR) is 77.7 cm³/mol. The number of ether oxygens (including phenoxy) is 1. The fraction of sp³-hybridized carbons (Fsp3) is 0.714. The molecule has 0 aromatic carbocycles. The monoisotopic (exact) mass is 264 g/mol. The number of hydrogen-bond acceptors (Lipinski definition) is 5. The second-order valence-corrected chi connectivity index (χ2v) is 5.19. The molecular weight excluding hydrogens is 240 g/mol. The van der Waals surface area contributed by atoms with E-state index in [4.69, 9.17) is 4.74 Å². The number of methoxy groups -OCH3 is 1. The molecule has 19 heavy (non-hydrogen) atoms. The Morgan fingerprint density at radius 2 is 2.26 bits per heavy atom. The van der Waals surface area contributed by atoms with Gasteiger partial charge in [0, 0.05) is 32.3 Å². The van der Waals surface area contributed by atoms with Crippen molar-refractivity contribution >= 4 is 11.6 Å². The van der Waals surface area contributed by atoms with E-state index >= 15 is 0 Å². The SMILES string of the molecule is CCNc1ncnc(N2CCC(C)C(OC)C2)c1C. The summed E-state index contributed by atoms with van der Waals surface area (Å²) in [5.74, 6) is 2.57. The topological polar surface area (TPSA) is 50.3 Å². The minimum absolute atomic E-state index is 0.283. The van der Waals surface area contributed by atoms with Gasteiger partial charge in [0.2, 0.25) is 0 Å². The van der Waals surface area contributed by atoms with E-state index < -0.39 is 0 Å². The Labute approximate surface area is 115 Å². The van der Waals surface area contributed by atoms with E-state index in [1.54, 1.807) is 13.4 Å². The quantitative estimate of drug-likeness (QED) is 0.902. The Kier molecular flexibility index (Phi) is 4.58. The van der Waals surface area contributed by atoms with Crippen LogP contribution in [0.4, 0.5) is 11.6 Å². The van der Waals surface area contributed by atoms with E-state index in [9.17, 15) is 0 Å². The molecule has 2 heterocycles. The van der Waals surface area contributed by atoms with Gasteiger partial charge in [0.1, 0.15) is 18.0 Å². The largest absolute Gasteiger partial charge is 0.379 e. The number of aromatic nitrogens is 2. The molecule has 0 bridgehead atoms. The van der Waals surface area contributed by atoms with Gasteiger partial charge in [-0.15, -0.1) is 0 Å². The number of rotatable bonds is 4. The lowest BCUT2D eigenvalue weighted by Crippen LogP contribution is -2.44. The third-order valence-electron chi connectivity index (χ3n) is 3.89. The van der Waals surface area contributed by atoms with Crippen molar-refractivity contribution in [3.63, 3.8) is 0 Å². The van der Waals surface area contributed by atoms with Crippen LogP contribution in [0.25, 0.3) is 0 Å². The van der Waals surface area contributed by atoms with Crippen LogP contribution in [-0.4, -0.2) is 42.8 Å². The highest BCUT2D eigenvalue weighted by Crippen LogP contribution is 2.27. The molecule has 0 amide bonds. The molecule has 2 rings (SSSR count). The molecule has 1 aromatic rings. The van der Waals surface area contributed by atoms with Crippen molar-refractivity contribution in [1.29, 1.82) is 0 Å². The van der Waals surface area contributed by atoms with Crippen molar-refractivity contribution in [3.05, 3.63) is 11.9 Å². The van der Waals surface area contributed by atoms with Gasteiger partial charge in [-0.3, -0.25) is 0 Å². The van der Waals surface area contributed by atoms with Crippen LogP contribution in [0, 0.1) is 12.8 Å². The predicted octanol–water partition coefficient (Wildman–Crippen LogP) is 2.08. The zero-order valence-corrected chi connectivity index (χ0v) is 12.3. The molecule has 1 fully saturated rings. The van der Waals surface area contributed by atoms with Crippen LogP contribution in [0.5, 0.6) is 0 Å². The summed E-state index contributed by atoms with van der Waals surface area (Å²) >= 11 is 0. The highest BCUT2D eigenvalue weighted by molar-refractivity contribution is 5.58. The van der Waals surface area contributed by atoms with Gasteiger partial charge in [-0.2, -0.15) is 0 Å². The summed E-state index contributed by atoms with van der Waals surface area (Å²) in [6, 6.07) is 0. The Hall–Kier alpha value is -1.36. The molecule has 0 spiro atoms. The van der Waals surface area contributed by atoms with Crippen LogP contribution in [0.15, 0.2) is 6.33 Å². The molecule has 1 aromatic heterocycles. The maximum absolute atomic E-state index is 5.57. The van der Waals surface area contributed by atoms with Crippen LogP contribution < -0.4 is 10.2 Å². The summed E-state index contributed by atoms with van der Waals surface area (Å²) in [6.45, 7) is 9.21. The second kappa shape index (κ2) is 6.19. The smallest absolute Gasteiger partial charge is 0.137 e. The lowest BCUT2D eigenvalue weighted by Gasteiger charge is -2.37. The van der Waals surface area contributed by atoms with Crippen molar-refractivity contribution < 1.29 is 4.74 Å². The molecule has 1 saturated heterocycles. The molecule has 5 nitrogen and oxygen atoms in total.